The van der Waals surface area contributed by atoms with E-state index in [1.165, 1.54) is 13.2 Å². The van der Waals surface area contributed by atoms with Crippen LogP contribution in [0.15, 0.2) is 54.4 Å². The van der Waals surface area contributed by atoms with Gasteiger partial charge in [0, 0.05) is 42.3 Å². The van der Waals surface area contributed by atoms with E-state index >= 15 is 0 Å². The minimum absolute atomic E-state index is 0.234. The Morgan fingerprint density at radius 1 is 1.28 bits per heavy atom. The van der Waals surface area contributed by atoms with E-state index in [2.05, 4.69) is 10.2 Å². The van der Waals surface area contributed by atoms with E-state index in [-0.39, 0.29) is 17.5 Å². The normalized spacial score (nSPS) is 16.3. The topological polar surface area (TPSA) is 50.5 Å². The molecule has 0 saturated heterocycles. The maximum atomic E-state index is 13.8. The van der Waals surface area contributed by atoms with Gasteiger partial charge in [0.25, 0.3) is 0 Å². The van der Waals surface area contributed by atoms with Crippen molar-refractivity contribution in [1.29, 1.82) is 0 Å². The number of nitrogens with one attached hydrogen (secondary N) is 1. The highest BCUT2D eigenvalue weighted by atomic mass is 35.5. The molecule has 0 radical (unpaired) electrons. The summed E-state index contributed by atoms with van der Waals surface area (Å²) in [6, 6.07) is 12.6. The van der Waals surface area contributed by atoms with Gasteiger partial charge in [-0.05, 0) is 35.9 Å². The number of hydrogen-bond donors (Lipinski definition) is 2. The largest absolute Gasteiger partial charge is 0.494 e. The molecule has 0 amide bonds. The third kappa shape index (κ3) is 4.37. The van der Waals surface area contributed by atoms with Gasteiger partial charge in [-0.15, -0.1) is 0 Å². The van der Waals surface area contributed by atoms with Gasteiger partial charge in [0.2, 0.25) is 0 Å². The van der Waals surface area contributed by atoms with Crippen molar-refractivity contribution in [2.75, 3.05) is 25.1 Å². The third-order valence-corrected chi connectivity index (χ3v) is 4.48. The molecule has 2 aromatic rings. The van der Waals surface area contributed by atoms with Crippen LogP contribution < -0.4 is 20.7 Å². The second-order valence-corrected chi connectivity index (χ2v) is 6.53. The van der Waals surface area contributed by atoms with Crippen LogP contribution in [0.5, 0.6) is 5.75 Å². The van der Waals surface area contributed by atoms with E-state index in [0.717, 1.165) is 24.3 Å². The van der Waals surface area contributed by atoms with E-state index in [9.17, 15) is 4.39 Å². The summed E-state index contributed by atoms with van der Waals surface area (Å²) in [5.74, 6) is 0.846. The average Bonchev–Trinajstić information content (AvgIpc) is 3.02. The summed E-state index contributed by atoms with van der Waals surface area (Å²) in [5, 5.41) is 3.84. The highest BCUT2D eigenvalue weighted by Gasteiger charge is 2.19. The molecule has 0 aromatic heterocycles. The van der Waals surface area contributed by atoms with Crippen molar-refractivity contribution >= 4 is 17.3 Å². The molecule has 0 unspecified atom stereocenters. The van der Waals surface area contributed by atoms with Gasteiger partial charge in [0.1, 0.15) is 0 Å². The van der Waals surface area contributed by atoms with Crippen molar-refractivity contribution in [3.8, 4) is 5.75 Å². The van der Waals surface area contributed by atoms with E-state index in [1.807, 2.05) is 30.3 Å². The number of benzene rings is 2. The summed E-state index contributed by atoms with van der Waals surface area (Å²) in [4.78, 5) is 2.19. The molecule has 0 saturated carbocycles. The number of halogens is 2. The molecule has 0 fully saturated rings. The molecule has 1 heterocycles. The second kappa shape index (κ2) is 7.66. The summed E-state index contributed by atoms with van der Waals surface area (Å²) in [7, 11) is 1.47. The van der Waals surface area contributed by atoms with E-state index < -0.39 is 0 Å². The van der Waals surface area contributed by atoms with Gasteiger partial charge in [0.05, 0.1) is 12.9 Å². The number of nitrogens with two attached hydrogens (primary N) is 1. The molecule has 3 N–H and O–H groups in total. The first-order valence-electron chi connectivity index (χ1n) is 8.09. The van der Waals surface area contributed by atoms with Crippen LogP contribution in [0.2, 0.25) is 5.02 Å². The van der Waals surface area contributed by atoms with Crippen LogP contribution in [-0.4, -0.2) is 20.2 Å². The molecule has 3 rings (SSSR count). The molecule has 0 spiro atoms. The second-order valence-electron chi connectivity index (χ2n) is 6.09. The Morgan fingerprint density at radius 2 is 2.04 bits per heavy atom. The van der Waals surface area contributed by atoms with Crippen LogP contribution in [0.4, 0.5) is 10.1 Å². The lowest BCUT2D eigenvalue weighted by atomic mass is 10.1. The van der Waals surface area contributed by atoms with E-state index in [0.29, 0.717) is 17.4 Å². The Morgan fingerprint density at radius 3 is 2.68 bits per heavy atom. The first-order valence-corrected chi connectivity index (χ1v) is 8.47. The lowest BCUT2D eigenvalue weighted by Crippen LogP contribution is -2.30. The number of nitrogens with zero attached hydrogens (tertiary/aromatic N) is 1. The zero-order chi connectivity index (χ0) is 17.8. The van der Waals surface area contributed by atoms with Crippen molar-refractivity contribution in [2.45, 2.75) is 6.54 Å². The van der Waals surface area contributed by atoms with Crippen LogP contribution in [0.3, 0.4) is 0 Å². The van der Waals surface area contributed by atoms with E-state index in [4.69, 9.17) is 22.1 Å². The molecule has 2 aromatic carbocycles. The fourth-order valence-corrected chi connectivity index (χ4v) is 3.06. The Balaban J connectivity index is 1.86. The molecular weight excluding hydrogens is 341 g/mol. The molecule has 132 valence electrons. The third-order valence-electron chi connectivity index (χ3n) is 4.23. The first-order chi connectivity index (χ1) is 12.0. The quantitative estimate of drug-likeness (QED) is 0.826. The maximum Gasteiger partial charge on any atom is 0.165 e. The zero-order valence-corrected chi connectivity index (χ0v) is 14.8. The summed E-state index contributed by atoms with van der Waals surface area (Å²) in [6.45, 7) is 2.22. The van der Waals surface area contributed by atoms with Gasteiger partial charge < -0.3 is 20.7 Å². The predicted molar refractivity (Wildman–Crippen MR) is 99.2 cm³/mol. The Kier molecular flexibility index (Phi) is 5.34. The SMILES string of the molecule is COc1cc(N(Cc2ccc(Cl)cc2)C[C@H]2C=C(N)NC2)ccc1F. The summed E-state index contributed by atoms with van der Waals surface area (Å²) < 4.78 is 18.9. The van der Waals surface area contributed by atoms with Crippen molar-refractivity contribution in [2.24, 2.45) is 11.7 Å². The molecule has 1 atom stereocenters. The molecule has 6 heteroatoms. The fourth-order valence-electron chi connectivity index (χ4n) is 2.94. The van der Waals surface area contributed by atoms with Crippen LogP contribution in [0, 0.1) is 11.7 Å². The number of ether oxygens (including phenoxy) is 1. The highest BCUT2D eigenvalue weighted by Crippen LogP contribution is 2.27. The van der Waals surface area contributed by atoms with Crippen molar-refractivity contribution in [3.05, 3.63) is 70.8 Å². The smallest absolute Gasteiger partial charge is 0.165 e. The highest BCUT2D eigenvalue weighted by molar-refractivity contribution is 6.30. The molecule has 1 aliphatic heterocycles. The Labute approximate surface area is 152 Å². The minimum Gasteiger partial charge on any atom is -0.494 e. The van der Waals surface area contributed by atoms with Crippen LogP contribution >= 0.6 is 11.6 Å². The fraction of sp³-hybridized carbons (Fsp3) is 0.263. The Hall–Kier alpha value is -2.40. The van der Waals surface area contributed by atoms with Gasteiger partial charge in [0.15, 0.2) is 11.6 Å². The standard InChI is InChI=1S/C19H21ClFN3O/c1-25-18-9-16(6-7-17(18)21)24(12-14-8-19(22)23-10-14)11-13-2-4-15(20)5-3-13/h2-9,14,23H,10-12,22H2,1H3/t14-/m0/s1. The molecule has 4 nitrogen and oxygen atoms in total. The van der Waals surface area contributed by atoms with Crippen LogP contribution in [0.1, 0.15) is 5.56 Å². The van der Waals surface area contributed by atoms with Gasteiger partial charge in [-0.3, -0.25) is 0 Å². The van der Waals surface area contributed by atoms with E-state index in [1.54, 1.807) is 12.1 Å². The first kappa shape index (κ1) is 17.4. The van der Waals surface area contributed by atoms with Crippen molar-refractivity contribution < 1.29 is 9.13 Å². The number of hydrogen-bond acceptors (Lipinski definition) is 4. The zero-order valence-electron chi connectivity index (χ0n) is 14.0. The Bertz CT molecular complexity index is 764. The summed E-state index contributed by atoms with van der Waals surface area (Å²) >= 11 is 5.97. The minimum atomic E-state index is -0.371. The van der Waals surface area contributed by atoms with Crippen molar-refractivity contribution in [3.63, 3.8) is 0 Å². The lowest BCUT2D eigenvalue weighted by molar-refractivity contribution is 0.386. The van der Waals surface area contributed by atoms with Gasteiger partial charge >= 0.3 is 0 Å². The maximum absolute atomic E-state index is 13.8. The van der Waals surface area contributed by atoms with Gasteiger partial charge in [-0.25, -0.2) is 4.39 Å². The monoisotopic (exact) mass is 361 g/mol. The van der Waals surface area contributed by atoms with Gasteiger partial charge in [-0.1, -0.05) is 23.7 Å². The summed E-state index contributed by atoms with van der Waals surface area (Å²) in [6.07, 6.45) is 2.02. The molecule has 1 aliphatic rings. The number of anilines is 1. The predicted octanol–water partition coefficient (Wildman–Crippen LogP) is 3.51. The molecule has 25 heavy (non-hydrogen) atoms. The van der Waals surface area contributed by atoms with Crippen LogP contribution in [-0.2, 0) is 6.54 Å². The average molecular weight is 362 g/mol. The number of methoxy groups -OCH3 is 1. The number of rotatable bonds is 6. The molecule has 0 aliphatic carbocycles. The summed E-state index contributed by atoms with van der Waals surface area (Å²) in [5.41, 5.74) is 7.84. The van der Waals surface area contributed by atoms with Gasteiger partial charge in [-0.2, -0.15) is 0 Å². The van der Waals surface area contributed by atoms with Crippen molar-refractivity contribution in [1.82, 2.24) is 5.32 Å². The van der Waals surface area contributed by atoms with Crippen LogP contribution in [0.25, 0.3) is 0 Å². The lowest BCUT2D eigenvalue weighted by Gasteiger charge is -2.27. The molecule has 0 bridgehead atoms. The molecular formula is C19H21ClFN3O.